The lowest BCUT2D eigenvalue weighted by molar-refractivity contribution is -0.384. The molecule has 0 saturated carbocycles. The number of non-ortho nitro benzene ring substituents is 1. The second-order valence-corrected chi connectivity index (χ2v) is 5.43. The number of hydrogen-bond acceptors (Lipinski definition) is 5. The van der Waals surface area contributed by atoms with Gasteiger partial charge in [0.25, 0.3) is 11.6 Å². The highest BCUT2D eigenvalue weighted by Gasteiger charge is 2.21. The molecule has 136 valence electrons. The lowest BCUT2D eigenvalue weighted by atomic mass is 10.0. The number of nitro benzene ring substituents is 1. The summed E-state index contributed by atoms with van der Waals surface area (Å²) in [4.78, 5) is 33.9. The topological polar surface area (TPSA) is 119 Å². The van der Waals surface area contributed by atoms with Crippen molar-refractivity contribution in [2.24, 2.45) is 0 Å². The van der Waals surface area contributed by atoms with Crippen LogP contribution < -0.4 is 10.1 Å². The van der Waals surface area contributed by atoms with E-state index < -0.39 is 29.3 Å². The van der Waals surface area contributed by atoms with Crippen LogP contribution in [0.1, 0.15) is 35.3 Å². The summed E-state index contributed by atoms with van der Waals surface area (Å²) >= 11 is 0. The Kier molecular flexibility index (Phi) is 6.26. The van der Waals surface area contributed by atoms with Gasteiger partial charge in [-0.25, -0.2) is 0 Å². The molecular weight excluding hydrogens is 340 g/mol. The number of carboxylic acids is 1. The maximum absolute atomic E-state index is 12.4. The van der Waals surface area contributed by atoms with Crippen LogP contribution in [0.3, 0.4) is 0 Å². The van der Waals surface area contributed by atoms with Crippen LogP contribution in [-0.4, -0.2) is 28.5 Å². The second-order valence-electron chi connectivity index (χ2n) is 5.43. The fourth-order valence-electron chi connectivity index (χ4n) is 2.39. The average molecular weight is 358 g/mol. The normalized spacial score (nSPS) is 11.4. The minimum atomic E-state index is -1.13. The molecule has 0 bridgehead atoms. The molecule has 0 saturated heterocycles. The first-order valence-electron chi connectivity index (χ1n) is 7.90. The highest BCUT2D eigenvalue weighted by Crippen LogP contribution is 2.22. The zero-order chi connectivity index (χ0) is 19.1. The van der Waals surface area contributed by atoms with Crippen LogP contribution in [0.25, 0.3) is 0 Å². The molecule has 1 atom stereocenters. The van der Waals surface area contributed by atoms with Crippen molar-refractivity contribution >= 4 is 17.6 Å². The molecule has 0 aliphatic carbocycles. The third-order valence-electron chi connectivity index (χ3n) is 3.59. The molecule has 8 nitrogen and oxygen atoms in total. The van der Waals surface area contributed by atoms with Crippen LogP contribution in [0.5, 0.6) is 5.75 Å². The number of nitrogens with zero attached hydrogens (tertiary/aromatic N) is 1. The van der Waals surface area contributed by atoms with Crippen molar-refractivity contribution in [2.45, 2.75) is 19.4 Å². The monoisotopic (exact) mass is 358 g/mol. The SMILES string of the molecule is CCOc1ccc(C(=O)N[C@@H](CC(=O)O)c2cccc([N+](=O)[O-])c2)cc1. The van der Waals surface area contributed by atoms with Gasteiger partial charge in [0.1, 0.15) is 5.75 Å². The zero-order valence-electron chi connectivity index (χ0n) is 14.0. The fraction of sp³-hybridized carbons (Fsp3) is 0.222. The minimum absolute atomic E-state index is 0.173. The van der Waals surface area contributed by atoms with Gasteiger partial charge in [-0.15, -0.1) is 0 Å². The van der Waals surface area contributed by atoms with Crippen LogP contribution in [0.15, 0.2) is 48.5 Å². The van der Waals surface area contributed by atoms with E-state index in [9.17, 15) is 19.7 Å². The molecule has 26 heavy (non-hydrogen) atoms. The summed E-state index contributed by atoms with van der Waals surface area (Å²) in [7, 11) is 0. The number of ether oxygens (including phenoxy) is 1. The van der Waals surface area contributed by atoms with Gasteiger partial charge in [0.15, 0.2) is 0 Å². The van der Waals surface area contributed by atoms with E-state index >= 15 is 0 Å². The Morgan fingerprint density at radius 2 is 1.92 bits per heavy atom. The zero-order valence-corrected chi connectivity index (χ0v) is 14.0. The number of carbonyl (C=O) groups is 2. The van der Waals surface area contributed by atoms with Crippen molar-refractivity contribution in [1.82, 2.24) is 5.32 Å². The van der Waals surface area contributed by atoms with Crippen molar-refractivity contribution in [3.63, 3.8) is 0 Å². The minimum Gasteiger partial charge on any atom is -0.494 e. The summed E-state index contributed by atoms with van der Waals surface area (Å²) in [6.07, 6.45) is -0.399. The maximum atomic E-state index is 12.4. The Hall–Kier alpha value is -3.42. The molecule has 0 fully saturated rings. The number of carbonyl (C=O) groups excluding carboxylic acids is 1. The number of carboxylic acid groups (broad SMARTS) is 1. The van der Waals surface area contributed by atoms with Gasteiger partial charge in [0.2, 0.25) is 0 Å². The molecule has 1 amide bonds. The number of nitrogens with one attached hydrogen (secondary N) is 1. The highest BCUT2D eigenvalue weighted by atomic mass is 16.6. The van der Waals surface area contributed by atoms with E-state index in [0.717, 1.165) is 0 Å². The molecule has 8 heteroatoms. The molecule has 0 radical (unpaired) electrons. The maximum Gasteiger partial charge on any atom is 0.305 e. The first-order valence-corrected chi connectivity index (χ1v) is 7.90. The van der Waals surface area contributed by atoms with Gasteiger partial charge in [-0.05, 0) is 36.8 Å². The van der Waals surface area contributed by atoms with E-state index in [0.29, 0.717) is 23.5 Å². The van der Waals surface area contributed by atoms with E-state index in [1.54, 1.807) is 30.3 Å². The summed E-state index contributed by atoms with van der Waals surface area (Å²) in [5.41, 5.74) is 0.503. The summed E-state index contributed by atoms with van der Waals surface area (Å²) in [6, 6.07) is 11.0. The molecule has 0 spiro atoms. The third-order valence-corrected chi connectivity index (χ3v) is 3.59. The number of benzene rings is 2. The van der Waals surface area contributed by atoms with Crippen molar-refractivity contribution in [2.75, 3.05) is 6.61 Å². The third kappa shape index (κ3) is 5.04. The number of amides is 1. The van der Waals surface area contributed by atoms with Crippen molar-refractivity contribution < 1.29 is 24.4 Å². The molecule has 2 rings (SSSR count). The molecule has 0 unspecified atom stereocenters. The van der Waals surface area contributed by atoms with Crippen LogP contribution in [-0.2, 0) is 4.79 Å². The van der Waals surface area contributed by atoms with Gasteiger partial charge in [0, 0.05) is 17.7 Å². The summed E-state index contributed by atoms with van der Waals surface area (Å²) in [5, 5.41) is 22.6. The lowest BCUT2D eigenvalue weighted by Gasteiger charge is -2.17. The Balaban J connectivity index is 2.21. The summed E-state index contributed by atoms with van der Waals surface area (Å²) < 4.78 is 5.31. The van der Waals surface area contributed by atoms with Crippen LogP contribution in [0, 0.1) is 10.1 Å². The first kappa shape index (κ1) is 18.9. The van der Waals surface area contributed by atoms with Gasteiger partial charge in [0.05, 0.1) is 24.0 Å². The van der Waals surface area contributed by atoms with E-state index in [4.69, 9.17) is 9.84 Å². The van der Waals surface area contributed by atoms with Gasteiger partial charge >= 0.3 is 5.97 Å². The molecule has 0 aromatic heterocycles. The van der Waals surface area contributed by atoms with Crippen molar-refractivity contribution in [1.29, 1.82) is 0 Å². The fourth-order valence-corrected chi connectivity index (χ4v) is 2.39. The summed E-state index contributed by atoms with van der Waals surface area (Å²) in [5.74, 6) is -0.996. The number of nitro groups is 1. The number of hydrogen-bond donors (Lipinski definition) is 2. The van der Waals surface area contributed by atoms with Gasteiger partial charge < -0.3 is 15.2 Å². The predicted molar refractivity (Wildman–Crippen MR) is 93.2 cm³/mol. The van der Waals surface area contributed by atoms with Crippen molar-refractivity contribution in [3.05, 3.63) is 69.8 Å². The Morgan fingerprint density at radius 3 is 2.50 bits per heavy atom. The van der Waals surface area contributed by atoms with E-state index in [2.05, 4.69) is 5.32 Å². The Labute approximate surface area is 149 Å². The number of aliphatic carboxylic acids is 1. The number of rotatable bonds is 8. The second kappa shape index (κ2) is 8.61. The molecule has 0 aliphatic rings. The Morgan fingerprint density at radius 1 is 1.23 bits per heavy atom. The van der Waals surface area contributed by atoms with Gasteiger partial charge in [-0.3, -0.25) is 19.7 Å². The Bertz CT molecular complexity index is 804. The molecular formula is C18H18N2O6. The predicted octanol–water partition coefficient (Wildman–Crippen LogP) is 2.94. The average Bonchev–Trinajstić information content (AvgIpc) is 2.61. The smallest absolute Gasteiger partial charge is 0.305 e. The molecule has 2 N–H and O–H groups in total. The van der Waals surface area contributed by atoms with Crippen LogP contribution in [0.2, 0.25) is 0 Å². The van der Waals surface area contributed by atoms with E-state index in [1.165, 1.54) is 18.2 Å². The van der Waals surface area contributed by atoms with Crippen molar-refractivity contribution in [3.8, 4) is 5.75 Å². The van der Waals surface area contributed by atoms with E-state index in [1.807, 2.05) is 6.92 Å². The van der Waals surface area contributed by atoms with E-state index in [-0.39, 0.29) is 5.69 Å². The van der Waals surface area contributed by atoms with Gasteiger partial charge in [-0.2, -0.15) is 0 Å². The molecule has 2 aromatic rings. The van der Waals surface area contributed by atoms with Gasteiger partial charge in [-0.1, -0.05) is 12.1 Å². The molecule has 0 heterocycles. The molecule has 0 aliphatic heterocycles. The summed E-state index contributed by atoms with van der Waals surface area (Å²) in [6.45, 7) is 2.34. The lowest BCUT2D eigenvalue weighted by Crippen LogP contribution is -2.30. The van der Waals surface area contributed by atoms with Crippen LogP contribution >= 0.6 is 0 Å². The standard InChI is InChI=1S/C18H18N2O6/c1-2-26-15-8-6-12(7-9-15)18(23)19-16(11-17(21)22)13-4-3-5-14(10-13)20(24)25/h3-10,16H,2,11H2,1H3,(H,19,23)(H,21,22)/t16-/m0/s1. The highest BCUT2D eigenvalue weighted by molar-refractivity contribution is 5.94. The largest absolute Gasteiger partial charge is 0.494 e. The van der Waals surface area contributed by atoms with Crippen LogP contribution in [0.4, 0.5) is 5.69 Å². The quantitative estimate of drug-likeness (QED) is 0.553. The molecule has 2 aromatic carbocycles. The first-order chi connectivity index (χ1) is 12.4.